The molecule has 0 radical (unpaired) electrons. The summed E-state index contributed by atoms with van der Waals surface area (Å²) in [6.45, 7) is 2.91. The average molecular weight is 601 g/mol. The number of rotatable bonds is 8. The number of fused-ring (bicyclic) bond motifs is 3. The van der Waals surface area contributed by atoms with Crippen LogP contribution in [0, 0.1) is 16.7 Å². The fourth-order valence-corrected chi connectivity index (χ4v) is 7.52. The van der Waals surface area contributed by atoms with Crippen molar-refractivity contribution in [3.05, 3.63) is 41.6 Å². The van der Waals surface area contributed by atoms with Gasteiger partial charge in [-0.05, 0) is 61.9 Å². The van der Waals surface area contributed by atoms with E-state index >= 15 is 0 Å². The Labute approximate surface area is 247 Å². The van der Waals surface area contributed by atoms with Crippen LogP contribution in [0.15, 0.2) is 30.5 Å². The lowest BCUT2D eigenvalue weighted by molar-refractivity contribution is -0.152. The number of carbonyl (C=O) groups is 3. The Kier molecular flexibility index (Phi) is 7.34. The lowest BCUT2D eigenvalue weighted by Crippen LogP contribution is -2.47. The first kappa shape index (κ1) is 29.3. The summed E-state index contributed by atoms with van der Waals surface area (Å²) in [5.41, 5.74) is -0.635. The molecular formula is C30H35F3N6O4. The Balaban J connectivity index is 1.19. The number of ether oxygens (including phenoxy) is 1. The van der Waals surface area contributed by atoms with E-state index in [-0.39, 0.29) is 46.9 Å². The first-order chi connectivity index (χ1) is 20.5. The van der Waals surface area contributed by atoms with Gasteiger partial charge in [0.2, 0.25) is 11.7 Å². The average Bonchev–Trinajstić information content (AvgIpc) is 3.85. The molecule has 1 saturated heterocycles. The maximum absolute atomic E-state index is 14.1. The molecule has 1 aromatic carbocycles. The number of anilines is 3. The normalized spacial score (nSPS) is 28.2. The third-order valence-corrected chi connectivity index (χ3v) is 9.97. The molecule has 1 spiro atoms. The minimum absolute atomic E-state index is 0.0185. The number of ketones is 1. The zero-order chi connectivity index (χ0) is 30.6. The standard InChI is InChI=1S/C30H35F3N6O4/c1-38-11-13-39(14-12-38)25(41)18-6-8-19(9-7-18)35-27-34-17-20(30(31,32)33)24(37-27)36-23-5-3-4-10-29(23)22-16-28(22,29)15-21(40)26(42)43-2/h6-9,17,22-23H,3-5,10-16H2,1-2H3,(H2,34,35,36,37)/t22?,23-,28?,29+/m1/s1. The lowest BCUT2D eigenvalue weighted by Gasteiger charge is -2.40. The van der Waals surface area contributed by atoms with Crippen molar-refractivity contribution in [2.75, 3.05) is 51.0 Å². The SMILES string of the molecule is COC(=O)C(=O)CC12CC1[C@]21CCCC[C@H]1Nc1nc(Nc2ccc(C(=O)N3CCN(C)CC3)cc2)ncc1C(F)(F)F. The van der Waals surface area contributed by atoms with Crippen LogP contribution in [0.4, 0.5) is 30.6 Å². The van der Waals surface area contributed by atoms with E-state index in [1.54, 1.807) is 29.2 Å². The van der Waals surface area contributed by atoms with Gasteiger partial charge in [0.1, 0.15) is 11.4 Å². The molecule has 4 aliphatic rings. The molecule has 2 unspecified atom stereocenters. The highest BCUT2D eigenvalue weighted by atomic mass is 19.4. The molecule has 4 fully saturated rings. The zero-order valence-corrected chi connectivity index (χ0v) is 24.2. The smallest absolute Gasteiger partial charge is 0.421 e. The first-order valence-electron chi connectivity index (χ1n) is 14.7. The molecule has 2 N–H and O–H groups in total. The third-order valence-electron chi connectivity index (χ3n) is 9.97. The first-order valence-corrected chi connectivity index (χ1v) is 14.7. The number of nitrogens with zero attached hydrogens (tertiary/aromatic N) is 4. The molecule has 0 bridgehead atoms. The molecule has 3 aliphatic carbocycles. The summed E-state index contributed by atoms with van der Waals surface area (Å²) in [5, 5.41) is 6.07. The Hall–Kier alpha value is -3.74. The largest absolute Gasteiger partial charge is 0.463 e. The number of Topliss-reactive ketones (excluding diaryl/α,β-unsaturated/α-hetero) is 1. The molecule has 2 heterocycles. The van der Waals surface area contributed by atoms with Gasteiger partial charge in [-0.25, -0.2) is 9.78 Å². The second-order valence-corrected chi connectivity index (χ2v) is 12.2. The molecule has 43 heavy (non-hydrogen) atoms. The fourth-order valence-electron chi connectivity index (χ4n) is 7.52. The number of piperazine rings is 1. The van der Waals surface area contributed by atoms with Crippen molar-refractivity contribution < 1.29 is 32.3 Å². The number of aromatic nitrogens is 2. The van der Waals surface area contributed by atoms with Gasteiger partial charge >= 0.3 is 12.1 Å². The molecule has 1 amide bonds. The second-order valence-electron chi connectivity index (χ2n) is 12.2. The van der Waals surface area contributed by atoms with Gasteiger partial charge in [-0.15, -0.1) is 0 Å². The van der Waals surface area contributed by atoms with Crippen molar-refractivity contribution >= 4 is 35.1 Å². The van der Waals surface area contributed by atoms with Crippen LogP contribution in [0.5, 0.6) is 0 Å². The quantitative estimate of drug-likeness (QED) is 0.341. The Morgan fingerprint density at radius 3 is 2.47 bits per heavy atom. The highest BCUT2D eigenvalue weighted by Crippen LogP contribution is 2.92. The van der Waals surface area contributed by atoms with Gasteiger partial charge < -0.3 is 25.2 Å². The van der Waals surface area contributed by atoms with E-state index in [2.05, 4.69) is 30.2 Å². The van der Waals surface area contributed by atoms with Gasteiger partial charge in [0.15, 0.2) is 0 Å². The summed E-state index contributed by atoms with van der Waals surface area (Å²) >= 11 is 0. The van der Waals surface area contributed by atoms with Gasteiger partial charge in [0.05, 0.1) is 7.11 Å². The molecule has 10 nitrogen and oxygen atoms in total. The number of amides is 1. The van der Waals surface area contributed by atoms with Crippen molar-refractivity contribution in [2.45, 2.75) is 50.7 Å². The summed E-state index contributed by atoms with van der Waals surface area (Å²) in [6, 6.07) is 6.37. The molecule has 3 saturated carbocycles. The van der Waals surface area contributed by atoms with E-state index < -0.39 is 23.5 Å². The number of carbonyl (C=O) groups excluding carboxylic acids is 3. The predicted molar refractivity (Wildman–Crippen MR) is 151 cm³/mol. The van der Waals surface area contributed by atoms with Gasteiger partial charge in [-0.2, -0.15) is 18.2 Å². The number of halogens is 3. The van der Waals surface area contributed by atoms with Gasteiger partial charge in [0, 0.05) is 61.5 Å². The number of likely N-dealkylation sites (N-methyl/N-ethyl adjacent to an activating group) is 1. The van der Waals surface area contributed by atoms with E-state index in [9.17, 15) is 27.6 Å². The van der Waals surface area contributed by atoms with E-state index in [0.717, 1.165) is 52.1 Å². The van der Waals surface area contributed by atoms with Crippen LogP contribution in [0.1, 0.15) is 54.4 Å². The number of hydrogen-bond acceptors (Lipinski definition) is 9. The third kappa shape index (κ3) is 5.21. The molecule has 230 valence electrons. The highest BCUT2D eigenvalue weighted by molar-refractivity contribution is 6.33. The number of alkyl halides is 3. The zero-order valence-electron chi connectivity index (χ0n) is 24.2. The maximum atomic E-state index is 14.1. The van der Waals surface area contributed by atoms with Gasteiger partial charge in [-0.1, -0.05) is 12.8 Å². The molecule has 1 aliphatic heterocycles. The summed E-state index contributed by atoms with van der Waals surface area (Å²) < 4.78 is 46.7. The minimum Gasteiger partial charge on any atom is -0.463 e. The van der Waals surface area contributed by atoms with Crippen molar-refractivity contribution in [3.63, 3.8) is 0 Å². The number of esters is 1. The van der Waals surface area contributed by atoms with Crippen LogP contribution < -0.4 is 10.6 Å². The monoisotopic (exact) mass is 600 g/mol. The lowest BCUT2D eigenvalue weighted by atomic mass is 9.70. The van der Waals surface area contributed by atoms with Crippen molar-refractivity contribution in [2.24, 2.45) is 16.7 Å². The minimum atomic E-state index is -4.68. The van der Waals surface area contributed by atoms with Crippen LogP contribution in [0.25, 0.3) is 0 Å². The second kappa shape index (κ2) is 10.8. The van der Waals surface area contributed by atoms with Crippen LogP contribution in [-0.4, -0.2) is 83.8 Å². The molecular weight excluding hydrogens is 565 g/mol. The van der Waals surface area contributed by atoms with E-state index in [0.29, 0.717) is 30.8 Å². The number of benzene rings is 1. The maximum Gasteiger partial charge on any atom is 0.421 e. The van der Waals surface area contributed by atoms with Crippen LogP contribution >= 0.6 is 0 Å². The van der Waals surface area contributed by atoms with E-state index in [4.69, 9.17) is 0 Å². The van der Waals surface area contributed by atoms with Crippen LogP contribution in [0.3, 0.4) is 0 Å². The highest BCUT2D eigenvalue weighted by Gasteiger charge is 2.89. The van der Waals surface area contributed by atoms with Gasteiger partial charge in [0.25, 0.3) is 5.91 Å². The summed E-state index contributed by atoms with van der Waals surface area (Å²) in [4.78, 5) is 49.2. The molecule has 1 aromatic heterocycles. The number of hydrogen-bond donors (Lipinski definition) is 2. The Bertz CT molecular complexity index is 1430. The summed E-state index contributed by atoms with van der Waals surface area (Å²) in [6.07, 6.45) is 0.0882. The van der Waals surface area contributed by atoms with Crippen molar-refractivity contribution in [3.8, 4) is 0 Å². The summed E-state index contributed by atoms with van der Waals surface area (Å²) in [5.74, 6) is -1.69. The summed E-state index contributed by atoms with van der Waals surface area (Å²) in [7, 11) is 3.18. The van der Waals surface area contributed by atoms with Crippen molar-refractivity contribution in [1.82, 2.24) is 19.8 Å². The van der Waals surface area contributed by atoms with E-state index in [1.165, 1.54) is 0 Å². The molecule has 2 aromatic rings. The topological polar surface area (TPSA) is 117 Å². The fraction of sp³-hybridized carbons (Fsp3) is 0.567. The molecule has 4 atom stereocenters. The predicted octanol–water partition coefficient (Wildman–Crippen LogP) is 4.12. The molecule has 13 heteroatoms. The Morgan fingerprint density at radius 2 is 1.81 bits per heavy atom. The number of methoxy groups -OCH3 is 1. The van der Waals surface area contributed by atoms with Crippen LogP contribution in [-0.2, 0) is 20.5 Å². The van der Waals surface area contributed by atoms with E-state index in [1.807, 2.05) is 7.05 Å². The Morgan fingerprint density at radius 1 is 1.09 bits per heavy atom. The number of nitrogens with one attached hydrogen (secondary N) is 2. The van der Waals surface area contributed by atoms with Gasteiger partial charge in [-0.3, -0.25) is 9.59 Å². The molecule has 6 rings (SSSR count). The van der Waals surface area contributed by atoms with Crippen molar-refractivity contribution in [1.29, 1.82) is 0 Å². The van der Waals surface area contributed by atoms with Crippen LogP contribution in [0.2, 0.25) is 0 Å².